The van der Waals surface area contributed by atoms with Gasteiger partial charge in [-0.25, -0.2) is 4.98 Å². The van der Waals surface area contributed by atoms with Crippen LogP contribution in [-0.4, -0.2) is 33.4 Å². The maximum atomic E-state index is 12.9. The first-order valence-corrected chi connectivity index (χ1v) is 8.59. The number of carbonyl (C=O) groups is 1. The molecule has 4 rings (SSSR count). The van der Waals surface area contributed by atoms with Crippen LogP contribution in [0.2, 0.25) is 0 Å². The smallest absolute Gasteiger partial charge is 0.240 e. The number of fused-ring (bicyclic) bond motifs is 2. The van der Waals surface area contributed by atoms with E-state index >= 15 is 0 Å². The first-order chi connectivity index (χ1) is 12.1. The lowest BCUT2D eigenvalue weighted by Crippen LogP contribution is -2.48. The molecule has 0 radical (unpaired) electrons. The summed E-state index contributed by atoms with van der Waals surface area (Å²) in [5, 5.41) is 3.36. The van der Waals surface area contributed by atoms with E-state index in [1.807, 2.05) is 50.5 Å². The lowest BCUT2D eigenvalue weighted by molar-refractivity contribution is -0.133. The summed E-state index contributed by atoms with van der Waals surface area (Å²) in [4.78, 5) is 19.3. The molecule has 0 saturated heterocycles. The third kappa shape index (κ3) is 4.10. The maximum absolute atomic E-state index is 12.9. The monoisotopic (exact) mass is 406 g/mol. The number of rotatable bonds is 3. The first kappa shape index (κ1) is 21.2. The van der Waals surface area contributed by atoms with Crippen molar-refractivity contribution in [2.75, 3.05) is 7.05 Å². The molecule has 0 aliphatic carbocycles. The largest absolute Gasteiger partial charge is 0.337 e. The molecule has 2 aromatic carbocycles. The Labute approximate surface area is 171 Å². The Bertz CT molecular complexity index is 941. The summed E-state index contributed by atoms with van der Waals surface area (Å²) < 4.78 is 2.06. The first-order valence-electron chi connectivity index (χ1n) is 8.59. The Morgan fingerprint density at radius 2 is 1.81 bits per heavy atom. The lowest BCUT2D eigenvalue weighted by Gasteiger charge is -2.29. The van der Waals surface area contributed by atoms with Crippen LogP contribution >= 0.6 is 24.8 Å². The standard InChI is InChI=1S/C20H22N4O.2ClH/c1-23(13-19-22-16-9-5-6-10-18(16)24(19)2)20(25)17-11-14-7-3-4-8-15(14)12-21-17;;/h3-10,17,21H,11-13H2,1-2H3;2*1H/t17-;;/m1../s1. The second-order valence-corrected chi connectivity index (χ2v) is 6.68. The fraction of sp³-hybridized carbons (Fsp3) is 0.300. The van der Waals surface area contributed by atoms with Crippen LogP contribution in [0.3, 0.4) is 0 Å². The van der Waals surface area contributed by atoms with Crippen LogP contribution < -0.4 is 5.32 Å². The summed E-state index contributed by atoms with van der Waals surface area (Å²) in [6.07, 6.45) is 0.738. The van der Waals surface area contributed by atoms with Crippen LogP contribution in [0.25, 0.3) is 11.0 Å². The van der Waals surface area contributed by atoms with E-state index in [0.717, 1.165) is 29.8 Å². The van der Waals surface area contributed by atoms with Crippen molar-refractivity contribution < 1.29 is 4.79 Å². The normalized spacial score (nSPS) is 15.4. The van der Waals surface area contributed by atoms with Crippen molar-refractivity contribution in [3.63, 3.8) is 0 Å². The van der Waals surface area contributed by atoms with Crippen molar-refractivity contribution in [1.29, 1.82) is 0 Å². The number of halogens is 2. The van der Waals surface area contributed by atoms with Crippen LogP contribution in [0, 0.1) is 0 Å². The number of nitrogens with one attached hydrogen (secondary N) is 1. The molecular formula is C20H24Cl2N4O. The molecule has 0 unspecified atom stereocenters. The van der Waals surface area contributed by atoms with E-state index in [2.05, 4.69) is 27.0 Å². The molecule has 5 nitrogen and oxygen atoms in total. The minimum Gasteiger partial charge on any atom is -0.337 e. The van der Waals surface area contributed by atoms with Gasteiger partial charge in [-0.1, -0.05) is 36.4 Å². The minimum absolute atomic E-state index is 0. The molecule has 2 heterocycles. The summed E-state index contributed by atoms with van der Waals surface area (Å²) in [7, 11) is 3.85. The van der Waals surface area contributed by atoms with E-state index in [4.69, 9.17) is 0 Å². The number of imidazole rings is 1. The Hall–Kier alpha value is -2.08. The van der Waals surface area contributed by atoms with E-state index < -0.39 is 0 Å². The number of para-hydroxylation sites is 2. The summed E-state index contributed by atoms with van der Waals surface area (Å²) >= 11 is 0. The van der Waals surface area contributed by atoms with Crippen molar-refractivity contribution in [2.24, 2.45) is 7.05 Å². The number of benzene rings is 2. The molecular weight excluding hydrogens is 383 g/mol. The zero-order chi connectivity index (χ0) is 17.4. The van der Waals surface area contributed by atoms with Gasteiger partial charge in [0.15, 0.2) is 0 Å². The van der Waals surface area contributed by atoms with Crippen molar-refractivity contribution in [2.45, 2.75) is 25.6 Å². The summed E-state index contributed by atoms with van der Waals surface area (Å²) in [6.45, 7) is 1.25. The van der Waals surface area contributed by atoms with Crippen molar-refractivity contribution in [3.8, 4) is 0 Å². The summed E-state index contributed by atoms with van der Waals surface area (Å²) in [5.41, 5.74) is 4.59. The lowest BCUT2D eigenvalue weighted by atomic mass is 9.95. The highest BCUT2D eigenvalue weighted by molar-refractivity contribution is 5.85. The second-order valence-electron chi connectivity index (χ2n) is 6.68. The van der Waals surface area contributed by atoms with Gasteiger partial charge in [-0.3, -0.25) is 4.79 Å². The van der Waals surface area contributed by atoms with E-state index in [9.17, 15) is 4.79 Å². The van der Waals surface area contributed by atoms with E-state index in [1.54, 1.807) is 4.90 Å². The molecule has 1 aromatic heterocycles. The molecule has 3 aromatic rings. The number of aryl methyl sites for hydroxylation is 1. The quantitative estimate of drug-likeness (QED) is 0.726. The molecule has 1 atom stereocenters. The average molecular weight is 407 g/mol. The van der Waals surface area contributed by atoms with Crippen molar-refractivity contribution in [1.82, 2.24) is 19.8 Å². The van der Waals surface area contributed by atoms with E-state index in [0.29, 0.717) is 6.54 Å². The molecule has 7 heteroatoms. The van der Waals surface area contributed by atoms with Gasteiger partial charge in [0.2, 0.25) is 5.91 Å². The second kappa shape index (κ2) is 8.74. The highest BCUT2D eigenvalue weighted by Gasteiger charge is 2.27. The number of carbonyl (C=O) groups excluding carboxylic acids is 1. The van der Waals surface area contributed by atoms with E-state index in [1.165, 1.54) is 11.1 Å². The highest BCUT2D eigenvalue weighted by atomic mass is 35.5. The zero-order valence-corrected chi connectivity index (χ0v) is 17.0. The molecule has 0 fully saturated rings. The van der Waals surface area contributed by atoms with Crippen LogP contribution in [0.4, 0.5) is 0 Å². The van der Waals surface area contributed by atoms with Crippen LogP contribution in [0.1, 0.15) is 17.0 Å². The van der Waals surface area contributed by atoms with Gasteiger partial charge in [-0.15, -0.1) is 24.8 Å². The van der Waals surface area contributed by atoms with Crippen molar-refractivity contribution >= 4 is 41.8 Å². The molecule has 1 aliphatic heterocycles. The van der Waals surface area contributed by atoms with Gasteiger partial charge in [0, 0.05) is 20.6 Å². The third-order valence-electron chi connectivity index (χ3n) is 5.01. The van der Waals surface area contributed by atoms with E-state index in [-0.39, 0.29) is 36.8 Å². The number of likely N-dealkylation sites (N-methyl/N-ethyl adjacent to an activating group) is 1. The van der Waals surface area contributed by atoms with Crippen LogP contribution in [-0.2, 0) is 31.4 Å². The SMILES string of the molecule is CN(Cc1nc2ccccc2n1C)C(=O)[C@H]1Cc2ccccc2CN1.Cl.Cl. The third-order valence-corrected chi connectivity index (χ3v) is 5.01. The molecule has 0 saturated carbocycles. The van der Waals surface area contributed by atoms with Gasteiger partial charge in [0.1, 0.15) is 5.82 Å². The number of amides is 1. The topological polar surface area (TPSA) is 50.2 Å². The van der Waals surface area contributed by atoms with Crippen LogP contribution in [0.5, 0.6) is 0 Å². The predicted octanol–water partition coefficient (Wildman–Crippen LogP) is 3.09. The number of hydrogen-bond donors (Lipinski definition) is 1. The number of hydrogen-bond acceptors (Lipinski definition) is 3. The molecule has 27 heavy (non-hydrogen) atoms. The maximum Gasteiger partial charge on any atom is 0.240 e. The van der Waals surface area contributed by atoms with Gasteiger partial charge in [-0.2, -0.15) is 0 Å². The zero-order valence-electron chi connectivity index (χ0n) is 15.4. The van der Waals surface area contributed by atoms with Gasteiger partial charge in [-0.05, 0) is 29.7 Å². The van der Waals surface area contributed by atoms with Gasteiger partial charge in [0.05, 0.1) is 23.6 Å². The molecule has 144 valence electrons. The molecule has 1 amide bonds. The van der Waals surface area contributed by atoms with Gasteiger partial charge < -0.3 is 14.8 Å². The number of aromatic nitrogens is 2. The highest BCUT2D eigenvalue weighted by Crippen LogP contribution is 2.19. The summed E-state index contributed by atoms with van der Waals surface area (Å²) in [5.74, 6) is 1.01. The Balaban J connectivity index is 0.00000131. The molecule has 1 aliphatic rings. The predicted molar refractivity (Wildman–Crippen MR) is 112 cm³/mol. The van der Waals surface area contributed by atoms with Crippen LogP contribution in [0.15, 0.2) is 48.5 Å². The van der Waals surface area contributed by atoms with Gasteiger partial charge in [0.25, 0.3) is 0 Å². The fourth-order valence-electron chi connectivity index (χ4n) is 3.52. The van der Waals surface area contributed by atoms with Crippen molar-refractivity contribution in [3.05, 3.63) is 65.5 Å². The molecule has 0 spiro atoms. The fourth-order valence-corrected chi connectivity index (χ4v) is 3.52. The molecule has 1 N–H and O–H groups in total. The Morgan fingerprint density at radius 1 is 1.15 bits per heavy atom. The average Bonchev–Trinajstić information content (AvgIpc) is 2.96. The number of nitrogens with zero attached hydrogens (tertiary/aromatic N) is 3. The minimum atomic E-state index is -0.172. The Kier molecular flexibility index (Phi) is 6.87. The molecule has 0 bridgehead atoms. The Morgan fingerprint density at radius 3 is 2.56 bits per heavy atom. The summed E-state index contributed by atoms with van der Waals surface area (Å²) in [6, 6.07) is 16.2. The van der Waals surface area contributed by atoms with Gasteiger partial charge >= 0.3 is 0 Å².